The fourth-order valence-corrected chi connectivity index (χ4v) is 2.94. The van der Waals surface area contributed by atoms with E-state index in [1.54, 1.807) is 16.8 Å². The van der Waals surface area contributed by atoms with E-state index in [2.05, 4.69) is 10.1 Å². The van der Waals surface area contributed by atoms with Gasteiger partial charge in [-0.3, -0.25) is 4.79 Å². The molecule has 2 heterocycles. The van der Waals surface area contributed by atoms with Gasteiger partial charge in [0.2, 0.25) is 5.88 Å². The van der Waals surface area contributed by atoms with Crippen molar-refractivity contribution in [3.05, 3.63) is 95.3 Å². The molecule has 2 aromatic heterocycles. The van der Waals surface area contributed by atoms with Crippen LogP contribution < -0.4 is 10.5 Å². The van der Waals surface area contributed by atoms with E-state index in [1.807, 2.05) is 60.7 Å². The first-order valence-electron chi connectivity index (χ1n) is 8.59. The van der Waals surface area contributed by atoms with Crippen molar-refractivity contribution in [1.29, 1.82) is 0 Å². The summed E-state index contributed by atoms with van der Waals surface area (Å²) >= 11 is 0. The summed E-state index contributed by atoms with van der Waals surface area (Å²) in [5.41, 5.74) is 9.02. The molecule has 0 unspecified atom stereocenters. The highest BCUT2D eigenvalue weighted by molar-refractivity contribution is 6.00. The molecule has 0 radical (unpaired) electrons. The third-order valence-electron chi connectivity index (χ3n) is 4.22. The van der Waals surface area contributed by atoms with Crippen molar-refractivity contribution in [3.63, 3.8) is 0 Å². The first-order chi connectivity index (χ1) is 13.2. The standard InChI is InChI=1S/C21H18N4O2/c22-20(26)19-17(13-15-7-3-1-4-8-15)24-25-12-11-18(23-21(19)25)27-14-16-9-5-2-6-10-16/h1-12H,13-14H2,(H2,22,26). The maximum atomic E-state index is 12.1. The number of hydrogen-bond acceptors (Lipinski definition) is 4. The van der Waals surface area contributed by atoms with Crippen LogP contribution in [0, 0.1) is 0 Å². The topological polar surface area (TPSA) is 82.5 Å². The average Bonchev–Trinajstić information content (AvgIpc) is 3.05. The van der Waals surface area contributed by atoms with E-state index >= 15 is 0 Å². The molecule has 0 aliphatic rings. The summed E-state index contributed by atoms with van der Waals surface area (Å²) in [6.07, 6.45) is 2.23. The van der Waals surface area contributed by atoms with Crippen LogP contribution in [0.5, 0.6) is 5.88 Å². The second-order valence-electron chi connectivity index (χ2n) is 6.16. The number of nitrogens with zero attached hydrogens (tertiary/aromatic N) is 3. The van der Waals surface area contributed by atoms with Gasteiger partial charge in [0.05, 0.1) is 5.69 Å². The molecular weight excluding hydrogens is 340 g/mol. The summed E-state index contributed by atoms with van der Waals surface area (Å²) in [7, 11) is 0. The fourth-order valence-electron chi connectivity index (χ4n) is 2.94. The van der Waals surface area contributed by atoms with E-state index in [0.29, 0.717) is 35.8 Å². The number of ether oxygens (including phenoxy) is 1. The molecule has 0 saturated heterocycles. The van der Waals surface area contributed by atoms with Gasteiger partial charge in [0.25, 0.3) is 5.91 Å². The third kappa shape index (κ3) is 3.64. The van der Waals surface area contributed by atoms with Gasteiger partial charge < -0.3 is 10.5 Å². The van der Waals surface area contributed by atoms with Crippen molar-refractivity contribution >= 4 is 11.6 Å². The number of primary amides is 1. The lowest BCUT2D eigenvalue weighted by Crippen LogP contribution is -2.13. The molecule has 2 aromatic carbocycles. The van der Waals surface area contributed by atoms with Crippen LogP contribution in [-0.2, 0) is 13.0 Å². The summed E-state index contributed by atoms with van der Waals surface area (Å²) in [6, 6.07) is 21.3. The third-order valence-corrected chi connectivity index (χ3v) is 4.22. The highest BCUT2D eigenvalue weighted by Gasteiger charge is 2.19. The molecule has 1 amide bonds. The molecule has 27 heavy (non-hydrogen) atoms. The highest BCUT2D eigenvalue weighted by Crippen LogP contribution is 2.20. The molecule has 0 aliphatic carbocycles. The summed E-state index contributed by atoms with van der Waals surface area (Å²) in [5.74, 6) is -0.136. The van der Waals surface area contributed by atoms with Gasteiger partial charge in [-0.25, -0.2) is 4.52 Å². The highest BCUT2D eigenvalue weighted by atomic mass is 16.5. The zero-order valence-electron chi connectivity index (χ0n) is 14.6. The molecule has 134 valence electrons. The van der Waals surface area contributed by atoms with Gasteiger partial charge in [0.15, 0.2) is 5.65 Å². The Bertz CT molecular complexity index is 1080. The SMILES string of the molecule is NC(=O)c1c(Cc2ccccc2)nn2ccc(OCc3ccccc3)nc12. The quantitative estimate of drug-likeness (QED) is 0.574. The fraction of sp³-hybridized carbons (Fsp3) is 0.0952. The van der Waals surface area contributed by atoms with Gasteiger partial charge in [0, 0.05) is 18.7 Å². The van der Waals surface area contributed by atoms with Gasteiger partial charge in [-0.05, 0) is 11.1 Å². The molecule has 6 nitrogen and oxygen atoms in total. The number of carbonyl (C=O) groups is 1. The zero-order chi connectivity index (χ0) is 18.6. The van der Waals surface area contributed by atoms with Crippen LogP contribution in [0.4, 0.5) is 0 Å². The molecule has 0 bridgehead atoms. The number of hydrogen-bond donors (Lipinski definition) is 1. The van der Waals surface area contributed by atoms with E-state index in [1.165, 1.54) is 0 Å². The summed E-state index contributed by atoms with van der Waals surface area (Å²) in [5, 5.41) is 4.49. The summed E-state index contributed by atoms with van der Waals surface area (Å²) in [6.45, 7) is 0.390. The maximum Gasteiger partial charge on any atom is 0.254 e. The zero-order valence-corrected chi connectivity index (χ0v) is 14.6. The Morgan fingerprint density at radius 2 is 1.63 bits per heavy atom. The average molecular weight is 358 g/mol. The lowest BCUT2D eigenvalue weighted by molar-refractivity contribution is 0.100. The Morgan fingerprint density at radius 1 is 0.963 bits per heavy atom. The van der Waals surface area contributed by atoms with Crippen LogP contribution in [0.2, 0.25) is 0 Å². The Balaban J connectivity index is 1.65. The summed E-state index contributed by atoms with van der Waals surface area (Å²) in [4.78, 5) is 16.5. The normalized spacial score (nSPS) is 10.8. The summed E-state index contributed by atoms with van der Waals surface area (Å²) < 4.78 is 7.32. The van der Waals surface area contributed by atoms with E-state index in [9.17, 15) is 4.79 Å². The Kier molecular flexibility index (Phi) is 4.53. The van der Waals surface area contributed by atoms with Crippen molar-refractivity contribution in [2.24, 2.45) is 5.73 Å². The van der Waals surface area contributed by atoms with Gasteiger partial charge in [0.1, 0.15) is 12.2 Å². The molecule has 2 N–H and O–H groups in total. The van der Waals surface area contributed by atoms with Crippen LogP contribution in [0.3, 0.4) is 0 Å². The molecule has 6 heteroatoms. The number of benzene rings is 2. The molecule has 4 aromatic rings. The van der Waals surface area contributed by atoms with Crippen molar-refractivity contribution in [2.45, 2.75) is 13.0 Å². The van der Waals surface area contributed by atoms with Crippen LogP contribution in [0.15, 0.2) is 72.9 Å². The van der Waals surface area contributed by atoms with E-state index in [0.717, 1.165) is 11.1 Å². The minimum atomic E-state index is -0.552. The smallest absolute Gasteiger partial charge is 0.254 e. The molecule has 0 saturated carbocycles. The van der Waals surface area contributed by atoms with E-state index in [-0.39, 0.29) is 0 Å². The number of nitrogens with two attached hydrogens (primary N) is 1. The molecule has 0 fully saturated rings. The van der Waals surface area contributed by atoms with Crippen molar-refractivity contribution in [2.75, 3.05) is 0 Å². The number of rotatable bonds is 6. The van der Waals surface area contributed by atoms with Crippen LogP contribution >= 0.6 is 0 Å². The molecular formula is C21H18N4O2. The van der Waals surface area contributed by atoms with Crippen molar-refractivity contribution < 1.29 is 9.53 Å². The Labute approximate surface area is 156 Å². The van der Waals surface area contributed by atoms with E-state index in [4.69, 9.17) is 10.5 Å². The lowest BCUT2D eigenvalue weighted by Gasteiger charge is -2.05. The largest absolute Gasteiger partial charge is 0.473 e. The van der Waals surface area contributed by atoms with Gasteiger partial charge in [-0.2, -0.15) is 10.1 Å². The number of amides is 1. The molecule has 0 atom stereocenters. The first kappa shape index (κ1) is 16.8. The number of fused-ring (bicyclic) bond motifs is 1. The van der Waals surface area contributed by atoms with Crippen LogP contribution in [-0.4, -0.2) is 20.5 Å². The van der Waals surface area contributed by atoms with Crippen LogP contribution in [0.1, 0.15) is 27.2 Å². The minimum Gasteiger partial charge on any atom is -0.473 e. The molecule has 0 aliphatic heterocycles. The van der Waals surface area contributed by atoms with E-state index < -0.39 is 5.91 Å². The molecule has 4 rings (SSSR count). The molecule has 0 spiro atoms. The maximum absolute atomic E-state index is 12.1. The van der Waals surface area contributed by atoms with Gasteiger partial charge in [-0.15, -0.1) is 0 Å². The van der Waals surface area contributed by atoms with Crippen LogP contribution in [0.25, 0.3) is 5.65 Å². The Hall–Kier alpha value is -3.67. The number of carbonyl (C=O) groups excluding carboxylic acids is 1. The van der Waals surface area contributed by atoms with Crippen molar-refractivity contribution in [1.82, 2.24) is 14.6 Å². The van der Waals surface area contributed by atoms with Gasteiger partial charge >= 0.3 is 0 Å². The second kappa shape index (κ2) is 7.29. The van der Waals surface area contributed by atoms with Gasteiger partial charge in [-0.1, -0.05) is 60.7 Å². The first-order valence-corrected chi connectivity index (χ1v) is 8.59. The Morgan fingerprint density at radius 3 is 2.30 bits per heavy atom. The lowest BCUT2D eigenvalue weighted by atomic mass is 10.1. The minimum absolute atomic E-state index is 0.323. The monoisotopic (exact) mass is 358 g/mol. The van der Waals surface area contributed by atoms with Crippen molar-refractivity contribution in [3.8, 4) is 5.88 Å². The predicted octanol–water partition coefficient (Wildman–Crippen LogP) is 3.00. The predicted molar refractivity (Wildman–Crippen MR) is 102 cm³/mol. The second-order valence-corrected chi connectivity index (χ2v) is 6.16. The number of aromatic nitrogens is 3.